The highest BCUT2D eigenvalue weighted by molar-refractivity contribution is 9.10. The van der Waals surface area contributed by atoms with E-state index < -0.39 is 5.91 Å². The van der Waals surface area contributed by atoms with Gasteiger partial charge in [0.1, 0.15) is 24.4 Å². The summed E-state index contributed by atoms with van der Waals surface area (Å²) in [7, 11) is 0. The molecule has 0 saturated heterocycles. The molecule has 0 aromatic heterocycles. The van der Waals surface area contributed by atoms with E-state index in [-0.39, 0.29) is 11.7 Å². The molecule has 6 nitrogen and oxygen atoms in total. The minimum atomic E-state index is -0.478. The summed E-state index contributed by atoms with van der Waals surface area (Å²) in [5.41, 5.74) is 0.588. The molecule has 0 aliphatic carbocycles. The van der Waals surface area contributed by atoms with E-state index in [9.17, 15) is 10.1 Å². The number of hydrogen-bond donors (Lipinski definition) is 2. The van der Waals surface area contributed by atoms with Crippen molar-refractivity contribution in [1.29, 1.82) is 5.26 Å². The van der Waals surface area contributed by atoms with Gasteiger partial charge in [0.05, 0.1) is 6.54 Å². The van der Waals surface area contributed by atoms with Crippen LogP contribution < -0.4 is 20.1 Å². The molecule has 7 heteroatoms. The summed E-state index contributed by atoms with van der Waals surface area (Å²) in [6.07, 6.45) is 1.17. The summed E-state index contributed by atoms with van der Waals surface area (Å²) in [5, 5.41) is 14.8. The summed E-state index contributed by atoms with van der Waals surface area (Å²) in [6, 6.07) is 16.4. The first-order valence-corrected chi connectivity index (χ1v) is 8.74. The third-order valence-corrected chi connectivity index (χ3v) is 4.16. The highest BCUT2D eigenvalue weighted by atomic mass is 79.9. The number of hydrogen-bond acceptors (Lipinski definition) is 5. The first-order chi connectivity index (χ1) is 12.7. The van der Waals surface area contributed by atoms with Crippen LogP contribution in [0.2, 0.25) is 0 Å². The number of fused-ring (bicyclic) bond motifs is 1. The van der Waals surface area contributed by atoms with Gasteiger partial charge in [-0.05, 0) is 36.4 Å². The molecule has 1 heterocycles. The van der Waals surface area contributed by atoms with E-state index in [4.69, 9.17) is 9.47 Å². The van der Waals surface area contributed by atoms with E-state index in [1.54, 1.807) is 12.1 Å². The average Bonchev–Trinajstić information content (AvgIpc) is 2.67. The number of carbonyl (C=O) groups is 1. The minimum absolute atomic E-state index is 0.0231. The van der Waals surface area contributed by atoms with Gasteiger partial charge in [-0.3, -0.25) is 4.79 Å². The number of carbonyl (C=O) groups excluding carboxylic acids is 1. The van der Waals surface area contributed by atoms with Gasteiger partial charge in [-0.1, -0.05) is 28.1 Å². The SMILES string of the molecule is N#C/C(=C/NCC1COc2ccccc2O1)C(=O)Nc1ccc(Br)cc1. The van der Waals surface area contributed by atoms with Crippen LogP contribution in [0.4, 0.5) is 5.69 Å². The van der Waals surface area contributed by atoms with Gasteiger partial charge in [0.15, 0.2) is 11.5 Å². The van der Waals surface area contributed by atoms with Crippen molar-refractivity contribution in [1.82, 2.24) is 5.32 Å². The second-order valence-electron chi connectivity index (χ2n) is 5.54. The van der Waals surface area contributed by atoms with E-state index in [1.807, 2.05) is 42.5 Å². The highest BCUT2D eigenvalue weighted by Crippen LogP contribution is 2.30. The Bertz CT molecular complexity index is 859. The number of nitrogens with one attached hydrogen (secondary N) is 2. The number of benzene rings is 2. The van der Waals surface area contributed by atoms with Crippen molar-refractivity contribution in [2.24, 2.45) is 0 Å². The van der Waals surface area contributed by atoms with E-state index in [2.05, 4.69) is 26.6 Å². The number of ether oxygens (including phenoxy) is 2. The molecule has 0 bridgehead atoms. The molecular weight excluding hydrogens is 398 g/mol. The van der Waals surface area contributed by atoms with Crippen LogP contribution in [0.15, 0.2) is 64.8 Å². The number of halogens is 1. The molecule has 2 aromatic rings. The summed E-state index contributed by atoms with van der Waals surface area (Å²) in [6.45, 7) is 0.801. The van der Waals surface area contributed by atoms with Crippen LogP contribution in [0, 0.1) is 11.3 Å². The normalized spacial score (nSPS) is 15.7. The Morgan fingerprint density at radius 1 is 1.23 bits per heavy atom. The number of nitriles is 1. The van der Waals surface area contributed by atoms with Crippen LogP contribution in [0.3, 0.4) is 0 Å². The fourth-order valence-corrected chi connectivity index (χ4v) is 2.60. The molecular formula is C19H16BrN3O3. The van der Waals surface area contributed by atoms with Crippen molar-refractivity contribution in [2.45, 2.75) is 6.10 Å². The Hall–Kier alpha value is -2.98. The van der Waals surface area contributed by atoms with Gasteiger partial charge in [0.25, 0.3) is 5.91 Å². The zero-order valence-electron chi connectivity index (χ0n) is 13.7. The number of para-hydroxylation sites is 2. The molecule has 0 spiro atoms. The van der Waals surface area contributed by atoms with Crippen LogP contribution in [-0.2, 0) is 4.79 Å². The van der Waals surface area contributed by atoms with Crippen molar-refractivity contribution in [3.8, 4) is 17.6 Å². The second kappa shape index (κ2) is 8.41. The smallest absolute Gasteiger partial charge is 0.267 e. The monoisotopic (exact) mass is 413 g/mol. The summed E-state index contributed by atoms with van der Waals surface area (Å²) in [5.74, 6) is 0.919. The molecule has 0 saturated carbocycles. The zero-order chi connectivity index (χ0) is 18.4. The second-order valence-corrected chi connectivity index (χ2v) is 6.45. The van der Waals surface area contributed by atoms with E-state index in [0.717, 1.165) is 4.47 Å². The van der Waals surface area contributed by atoms with E-state index in [0.29, 0.717) is 30.3 Å². The Balaban J connectivity index is 1.54. The number of anilines is 1. The summed E-state index contributed by atoms with van der Waals surface area (Å²) < 4.78 is 12.3. The van der Waals surface area contributed by atoms with Crippen molar-refractivity contribution >= 4 is 27.5 Å². The molecule has 3 rings (SSSR count). The quantitative estimate of drug-likeness (QED) is 0.580. The summed E-state index contributed by atoms with van der Waals surface area (Å²) in [4.78, 5) is 12.2. The maximum Gasteiger partial charge on any atom is 0.267 e. The van der Waals surface area contributed by atoms with Gasteiger partial charge < -0.3 is 20.1 Å². The highest BCUT2D eigenvalue weighted by Gasteiger charge is 2.20. The third kappa shape index (κ3) is 4.55. The molecule has 26 heavy (non-hydrogen) atoms. The van der Waals surface area contributed by atoms with Gasteiger partial charge in [-0.15, -0.1) is 0 Å². The van der Waals surface area contributed by atoms with Crippen LogP contribution >= 0.6 is 15.9 Å². The lowest BCUT2D eigenvalue weighted by molar-refractivity contribution is -0.112. The molecule has 0 fully saturated rings. The average molecular weight is 414 g/mol. The Labute approximate surface area is 159 Å². The molecule has 1 unspecified atom stereocenters. The zero-order valence-corrected chi connectivity index (χ0v) is 15.3. The number of nitrogens with zero attached hydrogens (tertiary/aromatic N) is 1. The van der Waals surface area contributed by atoms with Crippen molar-refractivity contribution in [2.75, 3.05) is 18.5 Å². The first kappa shape index (κ1) is 17.8. The van der Waals surface area contributed by atoms with Gasteiger partial charge in [-0.25, -0.2) is 0 Å². The molecule has 0 radical (unpaired) electrons. The predicted molar refractivity (Wildman–Crippen MR) is 101 cm³/mol. The molecule has 1 atom stereocenters. The number of amides is 1. The lowest BCUT2D eigenvalue weighted by Crippen LogP contribution is -2.37. The predicted octanol–water partition coefficient (Wildman–Crippen LogP) is 3.22. The van der Waals surface area contributed by atoms with Crippen molar-refractivity contribution < 1.29 is 14.3 Å². The molecule has 1 aliphatic rings. The third-order valence-electron chi connectivity index (χ3n) is 3.63. The van der Waals surface area contributed by atoms with Gasteiger partial charge in [0.2, 0.25) is 0 Å². The maximum atomic E-state index is 12.2. The van der Waals surface area contributed by atoms with Crippen LogP contribution in [-0.4, -0.2) is 25.2 Å². The van der Waals surface area contributed by atoms with Gasteiger partial charge in [0, 0.05) is 16.4 Å². The molecule has 1 amide bonds. The molecule has 132 valence electrons. The lowest BCUT2D eigenvalue weighted by Gasteiger charge is -2.26. The minimum Gasteiger partial charge on any atom is -0.486 e. The van der Waals surface area contributed by atoms with Crippen molar-refractivity contribution in [3.05, 3.63) is 64.8 Å². The van der Waals surface area contributed by atoms with E-state index in [1.165, 1.54) is 6.20 Å². The van der Waals surface area contributed by atoms with E-state index >= 15 is 0 Å². The molecule has 2 N–H and O–H groups in total. The topological polar surface area (TPSA) is 83.4 Å². The maximum absolute atomic E-state index is 12.2. The van der Waals surface area contributed by atoms with Gasteiger partial charge in [-0.2, -0.15) is 5.26 Å². The number of rotatable bonds is 5. The Kier molecular flexibility index (Phi) is 5.77. The largest absolute Gasteiger partial charge is 0.486 e. The van der Waals surface area contributed by atoms with Crippen LogP contribution in [0.25, 0.3) is 0 Å². The molecule has 2 aromatic carbocycles. The lowest BCUT2D eigenvalue weighted by atomic mass is 10.2. The van der Waals surface area contributed by atoms with Crippen LogP contribution in [0.1, 0.15) is 0 Å². The molecule has 1 aliphatic heterocycles. The standard InChI is InChI=1S/C19H16BrN3O3/c20-14-5-7-15(8-6-14)23-19(24)13(9-21)10-22-11-16-12-25-17-3-1-2-4-18(17)26-16/h1-8,10,16,22H,11-12H2,(H,23,24)/b13-10-. The Morgan fingerprint density at radius 2 is 1.96 bits per heavy atom. The summed E-state index contributed by atoms with van der Waals surface area (Å²) >= 11 is 3.33. The first-order valence-electron chi connectivity index (χ1n) is 7.95. The van der Waals surface area contributed by atoms with Gasteiger partial charge >= 0.3 is 0 Å². The fraction of sp³-hybridized carbons (Fsp3) is 0.158. The van der Waals surface area contributed by atoms with Crippen molar-refractivity contribution in [3.63, 3.8) is 0 Å². The van der Waals surface area contributed by atoms with Crippen LogP contribution in [0.5, 0.6) is 11.5 Å². The Morgan fingerprint density at radius 3 is 2.69 bits per heavy atom. The fourth-order valence-electron chi connectivity index (χ4n) is 2.34.